The van der Waals surface area contributed by atoms with Gasteiger partial charge in [-0.15, -0.1) is 0 Å². The summed E-state index contributed by atoms with van der Waals surface area (Å²) < 4.78 is 2.27. The standard InChI is InChI=1S/C15H15N/c1-10-8-13-12-6-4-5-7-14(12)16(3)15(13)9-11(10)2/h4-9H,1-3H3. The summed E-state index contributed by atoms with van der Waals surface area (Å²) in [4.78, 5) is 0. The second-order valence-corrected chi connectivity index (χ2v) is 4.53. The first-order valence-corrected chi connectivity index (χ1v) is 5.63. The van der Waals surface area contributed by atoms with Crippen LogP contribution in [0.5, 0.6) is 0 Å². The van der Waals surface area contributed by atoms with Crippen LogP contribution in [0, 0.1) is 13.8 Å². The van der Waals surface area contributed by atoms with Gasteiger partial charge in [-0.25, -0.2) is 0 Å². The summed E-state index contributed by atoms with van der Waals surface area (Å²) in [5, 5.41) is 2.71. The zero-order valence-corrected chi connectivity index (χ0v) is 9.91. The number of aromatic nitrogens is 1. The van der Waals surface area contributed by atoms with E-state index < -0.39 is 0 Å². The van der Waals surface area contributed by atoms with Crippen molar-refractivity contribution in [2.45, 2.75) is 13.8 Å². The molecular weight excluding hydrogens is 194 g/mol. The van der Waals surface area contributed by atoms with Crippen molar-refractivity contribution in [3.63, 3.8) is 0 Å². The summed E-state index contributed by atoms with van der Waals surface area (Å²) in [7, 11) is 2.14. The van der Waals surface area contributed by atoms with Crippen LogP contribution < -0.4 is 0 Å². The van der Waals surface area contributed by atoms with Crippen molar-refractivity contribution >= 4 is 21.8 Å². The molecule has 0 unspecified atom stereocenters. The van der Waals surface area contributed by atoms with Crippen molar-refractivity contribution in [1.82, 2.24) is 4.57 Å². The molecule has 0 radical (unpaired) electrons. The molecule has 0 N–H and O–H groups in total. The molecule has 1 nitrogen and oxygen atoms in total. The van der Waals surface area contributed by atoms with Crippen LogP contribution in [0.4, 0.5) is 0 Å². The Morgan fingerprint density at radius 1 is 0.812 bits per heavy atom. The summed E-state index contributed by atoms with van der Waals surface area (Å²) in [6.45, 7) is 4.35. The predicted octanol–water partition coefficient (Wildman–Crippen LogP) is 3.95. The lowest BCUT2D eigenvalue weighted by Gasteiger charge is -2.02. The van der Waals surface area contributed by atoms with Gasteiger partial charge in [0.2, 0.25) is 0 Å². The molecule has 1 heterocycles. The molecule has 0 bridgehead atoms. The number of hydrogen-bond acceptors (Lipinski definition) is 0. The molecule has 0 aliphatic heterocycles. The van der Waals surface area contributed by atoms with Gasteiger partial charge in [-0.3, -0.25) is 0 Å². The minimum atomic E-state index is 1.31. The highest BCUT2D eigenvalue weighted by atomic mass is 14.9. The van der Waals surface area contributed by atoms with Crippen molar-refractivity contribution < 1.29 is 0 Å². The predicted molar refractivity (Wildman–Crippen MR) is 69.9 cm³/mol. The maximum Gasteiger partial charge on any atom is 0.0491 e. The number of hydrogen-bond donors (Lipinski definition) is 0. The van der Waals surface area contributed by atoms with Crippen LogP contribution in [0.3, 0.4) is 0 Å². The first-order valence-electron chi connectivity index (χ1n) is 5.63. The van der Waals surface area contributed by atoms with Crippen molar-refractivity contribution in [2.75, 3.05) is 0 Å². The lowest BCUT2D eigenvalue weighted by Crippen LogP contribution is -1.87. The largest absolute Gasteiger partial charge is 0.344 e. The summed E-state index contributed by atoms with van der Waals surface area (Å²) >= 11 is 0. The van der Waals surface area contributed by atoms with Gasteiger partial charge in [0, 0.05) is 28.9 Å². The van der Waals surface area contributed by atoms with Crippen LogP contribution in [0.15, 0.2) is 36.4 Å². The monoisotopic (exact) mass is 209 g/mol. The van der Waals surface area contributed by atoms with Crippen molar-refractivity contribution in [3.8, 4) is 0 Å². The van der Waals surface area contributed by atoms with Crippen LogP contribution in [-0.2, 0) is 7.05 Å². The molecular formula is C15H15N. The third-order valence-electron chi connectivity index (χ3n) is 3.53. The highest BCUT2D eigenvalue weighted by Gasteiger charge is 2.08. The molecule has 1 aromatic heterocycles. The smallest absolute Gasteiger partial charge is 0.0491 e. The number of fused-ring (bicyclic) bond motifs is 3. The Morgan fingerprint density at radius 3 is 2.31 bits per heavy atom. The van der Waals surface area contributed by atoms with E-state index in [0.29, 0.717) is 0 Å². The fourth-order valence-electron chi connectivity index (χ4n) is 2.42. The second-order valence-electron chi connectivity index (χ2n) is 4.53. The molecule has 3 aromatic rings. The lowest BCUT2D eigenvalue weighted by molar-refractivity contribution is 1.01. The van der Waals surface area contributed by atoms with Gasteiger partial charge >= 0.3 is 0 Å². The van der Waals surface area contributed by atoms with E-state index in [0.717, 1.165) is 0 Å². The average Bonchev–Trinajstić information content (AvgIpc) is 2.55. The summed E-state index contributed by atoms with van der Waals surface area (Å²) in [5.74, 6) is 0. The SMILES string of the molecule is Cc1cc2c3ccccc3n(C)c2cc1C. The Balaban J connectivity index is 2.62. The molecule has 0 saturated carbocycles. The summed E-state index contributed by atoms with van der Waals surface area (Å²) in [6, 6.07) is 13.2. The summed E-state index contributed by atoms with van der Waals surface area (Å²) in [6.07, 6.45) is 0. The third-order valence-corrected chi connectivity index (χ3v) is 3.53. The molecule has 0 atom stereocenters. The molecule has 16 heavy (non-hydrogen) atoms. The van der Waals surface area contributed by atoms with E-state index in [9.17, 15) is 0 Å². The van der Waals surface area contributed by atoms with Crippen molar-refractivity contribution in [3.05, 3.63) is 47.5 Å². The molecule has 0 fully saturated rings. The Labute approximate surface area is 95.3 Å². The second kappa shape index (κ2) is 3.11. The van der Waals surface area contributed by atoms with Gasteiger partial charge in [-0.2, -0.15) is 0 Å². The molecule has 80 valence electrons. The van der Waals surface area contributed by atoms with Gasteiger partial charge in [0.05, 0.1) is 0 Å². The molecule has 3 rings (SSSR count). The van der Waals surface area contributed by atoms with E-state index in [-0.39, 0.29) is 0 Å². The minimum absolute atomic E-state index is 1.31. The molecule has 0 spiro atoms. The van der Waals surface area contributed by atoms with E-state index >= 15 is 0 Å². The first-order chi connectivity index (χ1) is 7.68. The molecule has 2 aromatic carbocycles. The van der Waals surface area contributed by atoms with Crippen LogP contribution in [0.2, 0.25) is 0 Å². The highest BCUT2D eigenvalue weighted by Crippen LogP contribution is 2.29. The van der Waals surface area contributed by atoms with Gasteiger partial charge in [0.15, 0.2) is 0 Å². The Bertz CT molecular complexity index is 689. The molecule has 1 heteroatoms. The fraction of sp³-hybridized carbons (Fsp3) is 0.200. The van der Waals surface area contributed by atoms with E-state index in [2.05, 4.69) is 61.9 Å². The summed E-state index contributed by atoms with van der Waals surface area (Å²) in [5.41, 5.74) is 5.36. The number of nitrogens with zero attached hydrogens (tertiary/aromatic N) is 1. The molecule has 0 amide bonds. The van der Waals surface area contributed by atoms with Gasteiger partial charge in [-0.05, 0) is 43.2 Å². The Hall–Kier alpha value is -1.76. The third kappa shape index (κ3) is 1.12. The van der Waals surface area contributed by atoms with Crippen molar-refractivity contribution in [1.29, 1.82) is 0 Å². The zero-order valence-electron chi connectivity index (χ0n) is 9.91. The van der Waals surface area contributed by atoms with Crippen LogP contribution in [0.1, 0.15) is 11.1 Å². The van der Waals surface area contributed by atoms with Crippen molar-refractivity contribution in [2.24, 2.45) is 7.05 Å². The maximum absolute atomic E-state index is 2.30. The van der Waals surface area contributed by atoms with Crippen LogP contribution in [-0.4, -0.2) is 4.57 Å². The van der Waals surface area contributed by atoms with Gasteiger partial charge in [0.1, 0.15) is 0 Å². The number of aryl methyl sites for hydroxylation is 3. The van der Waals surface area contributed by atoms with Gasteiger partial charge in [-0.1, -0.05) is 18.2 Å². The molecule has 0 saturated heterocycles. The van der Waals surface area contributed by atoms with Crippen LogP contribution >= 0.6 is 0 Å². The van der Waals surface area contributed by atoms with Gasteiger partial charge in [0.25, 0.3) is 0 Å². The lowest BCUT2D eigenvalue weighted by atomic mass is 10.1. The maximum atomic E-state index is 2.30. The topological polar surface area (TPSA) is 4.93 Å². The normalized spacial score (nSPS) is 11.4. The Morgan fingerprint density at radius 2 is 1.50 bits per heavy atom. The number of para-hydroxylation sites is 1. The van der Waals surface area contributed by atoms with E-state index in [1.54, 1.807) is 0 Å². The number of benzene rings is 2. The quantitative estimate of drug-likeness (QED) is 0.528. The molecule has 0 aliphatic rings. The fourth-order valence-corrected chi connectivity index (χ4v) is 2.42. The average molecular weight is 209 g/mol. The zero-order chi connectivity index (χ0) is 11.3. The van der Waals surface area contributed by atoms with E-state index in [1.807, 2.05) is 0 Å². The first kappa shape index (κ1) is 9.46. The van der Waals surface area contributed by atoms with Gasteiger partial charge < -0.3 is 4.57 Å². The van der Waals surface area contributed by atoms with Crippen LogP contribution in [0.25, 0.3) is 21.8 Å². The highest BCUT2D eigenvalue weighted by molar-refractivity contribution is 6.08. The minimum Gasteiger partial charge on any atom is -0.344 e. The van der Waals surface area contributed by atoms with E-state index in [4.69, 9.17) is 0 Å². The molecule has 0 aliphatic carbocycles. The number of rotatable bonds is 0. The Kier molecular flexibility index (Phi) is 1.84. The van der Waals surface area contributed by atoms with E-state index in [1.165, 1.54) is 32.9 Å².